The van der Waals surface area contributed by atoms with Gasteiger partial charge in [-0.3, -0.25) is 28.5 Å². The van der Waals surface area contributed by atoms with Gasteiger partial charge in [0, 0.05) is 36.6 Å². The van der Waals surface area contributed by atoms with Crippen molar-refractivity contribution in [3.8, 4) is 0 Å². The third kappa shape index (κ3) is 17.7. The summed E-state index contributed by atoms with van der Waals surface area (Å²) in [4.78, 5) is 95.0. The predicted molar refractivity (Wildman–Crippen MR) is 217 cm³/mol. The summed E-state index contributed by atoms with van der Waals surface area (Å²) in [6.45, 7) is 10.7. The van der Waals surface area contributed by atoms with E-state index in [0.29, 0.717) is 49.8 Å². The average molecular weight is 852 g/mol. The van der Waals surface area contributed by atoms with Gasteiger partial charge >= 0.3 is 19.4 Å². The number of alkyl halides is 2. The molecule has 0 aliphatic carbocycles. The summed E-state index contributed by atoms with van der Waals surface area (Å²) in [6.07, 6.45) is 2.08. The number of unbranched alkanes of at least 4 members (excludes halogenated alkanes) is 2. The highest BCUT2D eigenvalue weighted by molar-refractivity contribution is 7.52. The molecule has 15 nitrogen and oxygen atoms in total. The Morgan fingerprint density at radius 1 is 0.797 bits per heavy atom. The van der Waals surface area contributed by atoms with Crippen LogP contribution in [0, 0.1) is 5.92 Å². The van der Waals surface area contributed by atoms with Crippen molar-refractivity contribution < 1.29 is 56.6 Å². The lowest BCUT2D eigenvalue weighted by atomic mass is 9.95. The molecule has 0 aliphatic rings. The predicted octanol–water partition coefficient (Wildman–Crippen LogP) is 4.80. The highest BCUT2D eigenvalue weighted by Gasteiger charge is 2.50. The molecular weight excluding hydrogens is 791 g/mol. The molecule has 18 heteroatoms. The molecule has 0 bridgehead atoms. The van der Waals surface area contributed by atoms with Crippen LogP contribution < -0.4 is 27.0 Å². The third-order valence-electron chi connectivity index (χ3n) is 9.34. The summed E-state index contributed by atoms with van der Waals surface area (Å²) in [5.41, 5.74) is 2.06. The van der Waals surface area contributed by atoms with Crippen molar-refractivity contribution in [2.45, 2.75) is 129 Å². The minimum atomic E-state index is -5.78. The molecule has 4 atom stereocenters. The molecule has 328 valence electrons. The Hall–Kier alpha value is -4.57. The number of carbonyl (C=O) groups excluding carboxylic acids is 6. The van der Waals surface area contributed by atoms with E-state index in [-0.39, 0.29) is 37.5 Å². The second-order valence-corrected chi connectivity index (χ2v) is 17.3. The van der Waals surface area contributed by atoms with E-state index in [2.05, 4.69) is 21.3 Å². The molecule has 2 aromatic rings. The van der Waals surface area contributed by atoms with Crippen LogP contribution in [0.4, 0.5) is 13.6 Å². The fraction of sp³-hybridized carbons (Fsp3) is 0.561. The Morgan fingerprint density at radius 2 is 1.32 bits per heavy atom. The molecule has 4 amide bonds. The molecule has 8 N–H and O–H groups in total. The normalized spacial score (nSPS) is 13.9. The molecule has 0 radical (unpaired) electrons. The molecule has 0 saturated carbocycles. The van der Waals surface area contributed by atoms with Crippen molar-refractivity contribution in [1.29, 1.82) is 0 Å². The van der Waals surface area contributed by atoms with Crippen LogP contribution in [0.3, 0.4) is 0 Å². The Bertz CT molecular complexity index is 1780. The molecule has 59 heavy (non-hydrogen) atoms. The zero-order valence-electron chi connectivity index (χ0n) is 34.6. The molecule has 0 aromatic heterocycles. The van der Waals surface area contributed by atoms with Crippen LogP contribution in [-0.2, 0) is 47.0 Å². The van der Waals surface area contributed by atoms with Crippen molar-refractivity contribution in [2.24, 2.45) is 11.7 Å². The van der Waals surface area contributed by atoms with Gasteiger partial charge in [-0.2, -0.15) is 8.78 Å². The SMILES string of the molecule is CCc1ccc(C(=O)NCCCCC(NC(=O)C(N)Cc2ccc(C(F)(F)P(=O)(O)O)cc2)C(=O)CC(C)C(=O)NC(CCCCNC(=O)OC(C)(C)C)C(C)=O)cc1. The van der Waals surface area contributed by atoms with E-state index < -0.39 is 72.2 Å². The zero-order valence-corrected chi connectivity index (χ0v) is 35.5. The van der Waals surface area contributed by atoms with Gasteiger partial charge in [0.25, 0.3) is 5.91 Å². The lowest BCUT2D eigenvalue weighted by Crippen LogP contribution is -2.50. The maximum atomic E-state index is 14.1. The quantitative estimate of drug-likeness (QED) is 0.0559. The van der Waals surface area contributed by atoms with Crippen LogP contribution in [0.2, 0.25) is 0 Å². The third-order valence-corrected chi connectivity index (χ3v) is 10.3. The smallest absolute Gasteiger partial charge is 0.407 e. The number of hydrogen-bond acceptors (Lipinski definition) is 9. The first-order valence-electron chi connectivity index (χ1n) is 19.7. The number of carbonyl (C=O) groups is 6. The number of hydrogen-bond donors (Lipinski definition) is 7. The largest absolute Gasteiger partial charge is 0.444 e. The van der Waals surface area contributed by atoms with Gasteiger partial charge in [0.1, 0.15) is 5.60 Å². The number of nitrogens with two attached hydrogens (primary N) is 1. The van der Waals surface area contributed by atoms with E-state index in [4.69, 9.17) is 20.3 Å². The molecular formula is C41H60F2N5O10P. The molecule has 2 aromatic carbocycles. The maximum Gasteiger partial charge on any atom is 0.407 e. The first-order chi connectivity index (χ1) is 27.4. The van der Waals surface area contributed by atoms with Crippen LogP contribution in [0.1, 0.15) is 114 Å². The van der Waals surface area contributed by atoms with Gasteiger partial charge in [-0.15, -0.1) is 0 Å². The average Bonchev–Trinajstić information content (AvgIpc) is 3.15. The van der Waals surface area contributed by atoms with Crippen molar-refractivity contribution in [2.75, 3.05) is 13.1 Å². The number of amides is 4. The molecule has 2 rings (SSSR count). The van der Waals surface area contributed by atoms with Gasteiger partial charge in [-0.05, 0) is 102 Å². The van der Waals surface area contributed by atoms with Crippen LogP contribution >= 0.6 is 7.60 Å². The highest BCUT2D eigenvalue weighted by atomic mass is 31.2. The fourth-order valence-corrected chi connectivity index (χ4v) is 6.31. The van der Waals surface area contributed by atoms with Crippen molar-refractivity contribution >= 4 is 43.0 Å². The number of aryl methyl sites for hydroxylation is 1. The van der Waals surface area contributed by atoms with Gasteiger partial charge in [0.05, 0.1) is 18.1 Å². The summed E-state index contributed by atoms with van der Waals surface area (Å²) in [5.74, 6) is -3.22. The summed E-state index contributed by atoms with van der Waals surface area (Å²) < 4.78 is 44.7. The van der Waals surface area contributed by atoms with Crippen LogP contribution in [0.25, 0.3) is 0 Å². The molecule has 0 aliphatic heterocycles. The molecule has 4 unspecified atom stereocenters. The van der Waals surface area contributed by atoms with Gasteiger partial charge in [-0.1, -0.05) is 50.2 Å². The van der Waals surface area contributed by atoms with E-state index in [0.717, 1.165) is 36.2 Å². The monoisotopic (exact) mass is 851 g/mol. The minimum Gasteiger partial charge on any atom is -0.444 e. The fourth-order valence-electron chi connectivity index (χ4n) is 5.82. The summed E-state index contributed by atoms with van der Waals surface area (Å²) in [5, 5.41) is 10.8. The second-order valence-electron chi connectivity index (χ2n) is 15.6. The lowest BCUT2D eigenvalue weighted by molar-refractivity contribution is -0.133. The molecule has 0 spiro atoms. The number of ketones is 2. The van der Waals surface area contributed by atoms with Gasteiger partial charge in [0.15, 0.2) is 11.6 Å². The van der Waals surface area contributed by atoms with E-state index >= 15 is 0 Å². The molecule has 0 heterocycles. The summed E-state index contributed by atoms with van der Waals surface area (Å²) >= 11 is 0. The number of halogens is 2. The summed E-state index contributed by atoms with van der Waals surface area (Å²) in [7, 11) is -5.78. The number of alkyl carbamates (subject to hydrolysis) is 1. The van der Waals surface area contributed by atoms with Crippen LogP contribution in [0.15, 0.2) is 48.5 Å². The highest BCUT2D eigenvalue weighted by Crippen LogP contribution is 2.59. The van der Waals surface area contributed by atoms with E-state index in [1.165, 1.54) is 13.8 Å². The Labute approximate surface area is 344 Å². The minimum absolute atomic E-state index is 0.131. The lowest BCUT2D eigenvalue weighted by Gasteiger charge is -2.23. The van der Waals surface area contributed by atoms with Crippen molar-refractivity contribution in [1.82, 2.24) is 21.3 Å². The summed E-state index contributed by atoms with van der Waals surface area (Å²) in [6, 6.07) is 8.02. The Balaban J connectivity index is 2.05. The molecule has 0 saturated heterocycles. The standard InChI is InChI=1S/C41H60F2N5O10P/c1-7-28-14-18-30(19-15-28)37(52)45-22-10-9-13-34(48-38(53)32(44)25-29-16-20-31(21-17-29)41(42,43)59(55,56)57)35(50)24-26(2)36(51)47-33(27(3)49)12-8-11-23-46-39(54)58-40(4,5)6/h14-21,26,32-34H,7-13,22-25,44H2,1-6H3,(H,45,52)(H,46,54)(H,47,51)(H,48,53)(H2,55,56,57). The first kappa shape index (κ1) is 50.6. The molecule has 0 fully saturated rings. The first-order valence-corrected chi connectivity index (χ1v) is 21.3. The van der Waals surface area contributed by atoms with Crippen LogP contribution in [-0.4, -0.2) is 82.0 Å². The number of benzene rings is 2. The zero-order chi connectivity index (χ0) is 44.6. The van der Waals surface area contributed by atoms with E-state index in [9.17, 15) is 42.1 Å². The Morgan fingerprint density at radius 3 is 1.85 bits per heavy atom. The number of rotatable bonds is 24. The second kappa shape index (κ2) is 23.3. The number of Topliss-reactive ketones (excluding diaryl/α,β-unsaturated/α-hetero) is 2. The van der Waals surface area contributed by atoms with Gasteiger partial charge < -0.3 is 41.5 Å². The van der Waals surface area contributed by atoms with Crippen molar-refractivity contribution in [3.05, 3.63) is 70.8 Å². The maximum absolute atomic E-state index is 14.1. The van der Waals surface area contributed by atoms with Gasteiger partial charge in [-0.25, -0.2) is 4.79 Å². The van der Waals surface area contributed by atoms with E-state index in [1.807, 2.05) is 19.1 Å². The van der Waals surface area contributed by atoms with Gasteiger partial charge in [0.2, 0.25) is 11.8 Å². The Kier molecular flexibility index (Phi) is 20.0. The number of nitrogens with one attached hydrogen (secondary N) is 4. The number of ether oxygens (including phenoxy) is 1. The van der Waals surface area contributed by atoms with Crippen molar-refractivity contribution in [3.63, 3.8) is 0 Å². The topological polar surface area (TPSA) is 243 Å². The van der Waals surface area contributed by atoms with Crippen LogP contribution in [0.5, 0.6) is 0 Å². The van der Waals surface area contributed by atoms with E-state index in [1.54, 1.807) is 32.9 Å².